The predicted molar refractivity (Wildman–Crippen MR) is 85.6 cm³/mol. The third-order valence-electron chi connectivity index (χ3n) is 2.75. The summed E-state index contributed by atoms with van der Waals surface area (Å²) in [5, 5.41) is 6.43. The third-order valence-corrected chi connectivity index (χ3v) is 3.31. The van der Waals surface area contributed by atoms with E-state index in [-0.39, 0.29) is 5.69 Å². The van der Waals surface area contributed by atoms with E-state index in [0.29, 0.717) is 15.6 Å². The Balaban J connectivity index is 1.92. The van der Waals surface area contributed by atoms with Crippen LogP contribution in [0.4, 0.5) is 23.7 Å². The van der Waals surface area contributed by atoms with E-state index in [1.165, 1.54) is 12.3 Å². The molecule has 0 fully saturated rings. The van der Waals surface area contributed by atoms with E-state index < -0.39 is 17.8 Å². The van der Waals surface area contributed by atoms with E-state index >= 15 is 0 Å². The van der Waals surface area contributed by atoms with Gasteiger partial charge >= 0.3 is 12.3 Å². The Morgan fingerprint density at radius 2 is 1.79 bits per heavy atom. The van der Waals surface area contributed by atoms with Gasteiger partial charge in [-0.2, -0.15) is 13.2 Å². The highest BCUT2D eigenvalue weighted by molar-refractivity contribution is 6.36. The van der Waals surface area contributed by atoms with Crippen molar-refractivity contribution < 1.29 is 22.8 Å². The number of alkyl halides is 3. The van der Waals surface area contributed by atoms with E-state index in [1.54, 1.807) is 12.1 Å². The molecule has 0 spiro atoms. The molecule has 24 heavy (non-hydrogen) atoms. The summed E-state index contributed by atoms with van der Waals surface area (Å²) < 4.78 is 37.3. The van der Waals surface area contributed by atoms with Gasteiger partial charge in [0.1, 0.15) is 0 Å². The lowest BCUT2D eigenvalue weighted by Gasteiger charge is -2.07. The van der Waals surface area contributed by atoms with E-state index in [2.05, 4.69) is 15.3 Å². The second-order valence-electron chi connectivity index (χ2n) is 4.48. The SMILES string of the molecule is O=C(Nc1ccc(C(F)(F)F)cc1)ON=Cc1ccc(Cl)cc1Cl. The number of halogens is 5. The fraction of sp³-hybridized carbons (Fsp3) is 0.0667. The lowest BCUT2D eigenvalue weighted by Crippen LogP contribution is -2.11. The van der Waals surface area contributed by atoms with Crippen LogP contribution in [-0.4, -0.2) is 12.3 Å². The summed E-state index contributed by atoms with van der Waals surface area (Å²) in [6.07, 6.45) is -4.21. The quantitative estimate of drug-likeness (QED) is 0.430. The highest BCUT2D eigenvalue weighted by Crippen LogP contribution is 2.29. The molecule has 2 aromatic carbocycles. The molecule has 9 heteroatoms. The van der Waals surface area contributed by atoms with Crippen molar-refractivity contribution in [3.8, 4) is 0 Å². The van der Waals surface area contributed by atoms with Crippen LogP contribution in [0.5, 0.6) is 0 Å². The molecule has 0 bridgehead atoms. The number of oxime groups is 1. The van der Waals surface area contributed by atoms with Gasteiger partial charge in [0.2, 0.25) is 0 Å². The number of hydrogen-bond acceptors (Lipinski definition) is 3. The zero-order valence-corrected chi connectivity index (χ0v) is 13.3. The molecule has 2 rings (SSSR count). The largest absolute Gasteiger partial charge is 0.437 e. The van der Waals surface area contributed by atoms with Crippen LogP contribution in [0.1, 0.15) is 11.1 Å². The Hall–Kier alpha value is -2.25. The molecular weight excluding hydrogens is 368 g/mol. The number of hydrogen-bond donors (Lipinski definition) is 1. The molecule has 0 unspecified atom stereocenters. The van der Waals surface area contributed by atoms with Gasteiger partial charge in [0, 0.05) is 16.3 Å². The summed E-state index contributed by atoms with van der Waals surface area (Å²) in [5.41, 5.74) is -0.215. The fourth-order valence-corrected chi connectivity index (χ4v) is 2.08. The lowest BCUT2D eigenvalue weighted by molar-refractivity contribution is -0.137. The maximum absolute atomic E-state index is 12.4. The van der Waals surface area contributed by atoms with Crippen LogP contribution >= 0.6 is 23.2 Å². The summed E-state index contributed by atoms with van der Waals surface area (Å²) in [6, 6.07) is 8.53. The summed E-state index contributed by atoms with van der Waals surface area (Å²) in [5.74, 6) is 0. The summed E-state index contributed by atoms with van der Waals surface area (Å²) in [6.45, 7) is 0. The van der Waals surface area contributed by atoms with Crippen molar-refractivity contribution in [3.05, 3.63) is 63.6 Å². The second-order valence-corrected chi connectivity index (χ2v) is 5.32. The monoisotopic (exact) mass is 376 g/mol. The molecule has 0 saturated carbocycles. The van der Waals surface area contributed by atoms with Gasteiger partial charge in [0.25, 0.3) is 0 Å². The highest BCUT2D eigenvalue weighted by atomic mass is 35.5. The molecule has 0 saturated heterocycles. The van der Waals surface area contributed by atoms with Gasteiger partial charge in [-0.1, -0.05) is 34.4 Å². The predicted octanol–water partition coefficient (Wildman–Crippen LogP) is 5.59. The topological polar surface area (TPSA) is 50.7 Å². The Bertz CT molecular complexity index is 762. The van der Waals surface area contributed by atoms with Crippen LogP contribution in [0.3, 0.4) is 0 Å². The van der Waals surface area contributed by atoms with Crippen LogP contribution in [0, 0.1) is 0 Å². The smallest absolute Gasteiger partial charge is 0.298 e. The Labute approximate surface area is 144 Å². The zero-order chi connectivity index (χ0) is 17.7. The van der Waals surface area contributed by atoms with E-state index in [0.717, 1.165) is 24.3 Å². The molecule has 2 aromatic rings. The molecule has 1 amide bonds. The summed E-state index contributed by atoms with van der Waals surface area (Å²) >= 11 is 11.6. The number of rotatable bonds is 3. The van der Waals surface area contributed by atoms with E-state index in [9.17, 15) is 18.0 Å². The van der Waals surface area contributed by atoms with Gasteiger partial charge in [-0.05, 0) is 36.4 Å². The highest BCUT2D eigenvalue weighted by Gasteiger charge is 2.29. The summed E-state index contributed by atoms with van der Waals surface area (Å²) in [4.78, 5) is 16.0. The van der Waals surface area contributed by atoms with E-state index in [4.69, 9.17) is 23.2 Å². The van der Waals surface area contributed by atoms with Crippen LogP contribution < -0.4 is 5.32 Å². The van der Waals surface area contributed by atoms with Crippen molar-refractivity contribution in [1.29, 1.82) is 0 Å². The number of carbonyl (C=O) groups excluding carboxylic acids is 1. The van der Waals surface area contributed by atoms with E-state index in [1.807, 2.05) is 0 Å². The van der Waals surface area contributed by atoms with Gasteiger partial charge in [-0.25, -0.2) is 4.79 Å². The normalized spacial score (nSPS) is 11.5. The molecular formula is C15H9Cl2F3N2O2. The number of anilines is 1. The number of amides is 1. The first-order valence-corrected chi connectivity index (χ1v) is 7.15. The third kappa shape index (κ3) is 5.14. The van der Waals surface area contributed by atoms with Gasteiger partial charge in [0.15, 0.2) is 0 Å². The van der Waals surface area contributed by atoms with Crippen LogP contribution in [-0.2, 0) is 11.0 Å². The van der Waals surface area contributed by atoms with Crippen molar-refractivity contribution >= 4 is 41.2 Å². The lowest BCUT2D eigenvalue weighted by atomic mass is 10.2. The average molecular weight is 377 g/mol. The maximum Gasteiger partial charge on any atom is 0.437 e. The molecule has 0 aromatic heterocycles. The standard InChI is InChI=1S/C15H9Cl2F3N2O2/c16-11-4-1-9(13(17)7-11)8-21-24-14(23)22-12-5-2-10(3-6-12)15(18,19)20/h1-8H,(H,22,23). The van der Waals surface area contributed by atoms with Crippen LogP contribution in [0.15, 0.2) is 47.6 Å². The van der Waals surface area contributed by atoms with Gasteiger partial charge in [0.05, 0.1) is 16.8 Å². The molecule has 0 aliphatic heterocycles. The first-order valence-electron chi connectivity index (χ1n) is 6.39. The molecule has 0 radical (unpaired) electrons. The molecule has 4 nitrogen and oxygen atoms in total. The van der Waals surface area contributed by atoms with Gasteiger partial charge in [-0.3, -0.25) is 10.2 Å². The van der Waals surface area contributed by atoms with Crippen molar-refractivity contribution in [2.75, 3.05) is 5.32 Å². The number of carbonyl (C=O) groups is 1. The van der Waals surface area contributed by atoms with Crippen molar-refractivity contribution in [2.45, 2.75) is 6.18 Å². The summed E-state index contributed by atoms with van der Waals surface area (Å²) in [7, 11) is 0. The molecule has 0 atom stereocenters. The molecule has 0 heterocycles. The number of nitrogens with one attached hydrogen (secondary N) is 1. The number of benzene rings is 2. The second kappa shape index (κ2) is 7.55. The minimum atomic E-state index is -4.44. The van der Waals surface area contributed by atoms with Gasteiger partial charge < -0.3 is 0 Å². The van der Waals surface area contributed by atoms with Crippen LogP contribution in [0.2, 0.25) is 10.0 Å². The Morgan fingerprint density at radius 1 is 1.12 bits per heavy atom. The molecule has 1 N–H and O–H groups in total. The maximum atomic E-state index is 12.4. The first-order chi connectivity index (χ1) is 11.3. The van der Waals surface area contributed by atoms with Crippen LogP contribution in [0.25, 0.3) is 0 Å². The molecule has 126 valence electrons. The van der Waals surface area contributed by atoms with Crippen molar-refractivity contribution in [3.63, 3.8) is 0 Å². The fourth-order valence-electron chi connectivity index (χ4n) is 1.62. The van der Waals surface area contributed by atoms with Gasteiger partial charge in [-0.15, -0.1) is 0 Å². The Morgan fingerprint density at radius 3 is 2.38 bits per heavy atom. The number of nitrogens with zero attached hydrogens (tertiary/aromatic N) is 1. The minimum absolute atomic E-state index is 0.132. The average Bonchev–Trinajstić information content (AvgIpc) is 2.49. The van der Waals surface area contributed by atoms with Crippen molar-refractivity contribution in [1.82, 2.24) is 0 Å². The first kappa shape index (κ1) is 18.1. The van der Waals surface area contributed by atoms with Crippen molar-refractivity contribution in [2.24, 2.45) is 5.16 Å². The Kier molecular flexibility index (Phi) is 5.69. The molecule has 0 aliphatic rings. The minimum Gasteiger partial charge on any atom is -0.298 e. The molecule has 0 aliphatic carbocycles. The zero-order valence-electron chi connectivity index (χ0n) is 11.8.